The quantitative estimate of drug-likeness (QED) is 0.877. The number of nitrogens with one attached hydrogen (secondary N) is 1. The maximum absolute atomic E-state index is 11.9. The molecule has 94 valence electrons. The van der Waals surface area contributed by atoms with Gasteiger partial charge in [0.25, 0.3) is 5.91 Å². The van der Waals surface area contributed by atoms with Gasteiger partial charge in [-0.15, -0.1) is 0 Å². The number of hydrogen-bond acceptors (Lipinski definition) is 4. The number of pyridine rings is 1. The summed E-state index contributed by atoms with van der Waals surface area (Å²) in [5.74, 6) is -0.409. The van der Waals surface area contributed by atoms with Gasteiger partial charge in [0.05, 0.1) is 24.3 Å². The van der Waals surface area contributed by atoms with Crippen molar-refractivity contribution in [3.63, 3.8) is 0 Å². The topological polar surface area (TPSA) is 86.0 Å². The Morgan fingerprint density at radius 1 is 1.32 bits per heavy atom. The van der Waals surface area contributed by atoms with Crippen molar-refractivity contribution in [1.82, 2.24) is 4.98 Å². The highest BCUT2D eigenvalue weighted by Crippen LogP contribution is 2.13. The molecule has 5 heteroatoms. The minimum absolute atomic E-state index is 0.0583. The van der Waals surface area contributed by atoms with Gasteiger partial charge in [0.1, 0.15) is 5.75 Å². The fourth-order valence-corrected chi connectivity index (χ4v) is 1.55. The minimum atomic E-state index is -0.351. The average Bonchev–Trinajstić information content (AvgIpc) is 2.41. The minimum Gasteiger partial charge on any atom is -0.506 e. The van der Waals surface area contributed by atoms with E-state index in [1.54, 1.807) is 24.3 Å². The predicted molar refractivity (Wildman–Crippen MR) is 69.6 cm³/mol. The van der Waals surface area contributed by atoms with Gasteiger partial charge in [-0.2, -0.15) is 5.26 Å². The molecule has 0 saturated heterocycles. The van der Waals surface area contributed by atoms with Crippen LogP contribution in [0.3, 0.4) is 0 Å². The summed E-state index contributed by atoms with van der Waals surface area (Å²) in [6, 6.07) is 10.4. The third-order valence-corrected chi connectivity index (χ3v) is 2.48. The molecule has 0 aliphatic rings. The van der Waals surface area contributed by atoms with Crippen molar-refractivity contribution in [3.8, 4) is 11.8 Å². The van der Waals surface area contributed by atoms with Crippen molar-refractivity contribution in [2.45, 2.75) is 6.42 Å². The fraction of sp³-hybridized carbons (Fsp3) is 0.0714. The zero-order valence-electron chi connectivity index (χ0n) is 10.00. The highest BCUT2D eigenvalue weighted by molar-refractivity contribution is 6.04. The summed E-state index contributed by atoms with van der Waals surface area (Å²) in [6.07, 6.45) is 2.97. The standard InChI is InChI=1S/C14H11N3O2/c15-6-5-10-1-3-12(4-2-10)17-14(19)11-7-13(18)9-16-8-11/h1-4,7-9,18H,5H2,(H,17,19). The van der Waals surface area contributed by atoms with Gasteiger partial charge < -0.3 is 10.4 Å². The third-order valence-electron chi connectivity index (χ3n) is 2.48. The number of anilines is 1. The van der Waals surface area contributed by atoms with Crippen molar-refractivity contribution in [2.24, 2.45) is 0 Å². The van der Waals surface area contributed by atoms with Gasteiger partial charge in [0.2, 0.25) is 0 Å². The second kappa shape index (κ2) is 5.65. The van der Waals surface area contributed by atoms with Crippen molar-refractivity contribution in [3.05, 3.63) is 53.9 Å². The molecule has 2 N–H and O–H groups in total. The Bertz CT molecular complexity index is 630. The van der Waals surface area contributed by atoms with Gasteiger partial charge in [-0.1, -0.05) is 12.1 Å². The third kappa shape index (κ3) is 3.30. The van der Waals surface area contributed by atoms with Crippen molar-refractivity contribution < 1.29 is 9.90 Å². The molecule has 0 atom stereocenters. The van der Waals surface area contributed by atoms with E-state index in [2.05, 4.69) is 16.4 Å². The van der Waals surface area contributed by atoms with Gasteiger partial charge >= 0.3 is 0 Å². The maximum Gasteiger partial charge on any atom is 0.257 e. The number of nitrogens with zero attached hydrogens (tertiary/aromatic N) is 2. The van der Waals surface area contributed by atoms with E-state index < -0.39 is 0 Å². The van der Waals surface area contributed by atoms with E-state index in [1.807, 2.05) is 0 Å². The molecule has 19 heavy (non-hydrogen) atoms. The SMILES string of the molecule is N#CCc1ccc(NC(=O)c2cncc(O)c2)cc1. The second-order valence-corrected chi connectivity index (χ2v) is 3.92. The summed E-state index contributed by atoms with van der Waals surface area (Å²) in [7, 11) is 0. The highest BCUT2D eigenvalue weighted by atomic mass is 16.3. The second-order valence-electron chi connectivity index (χ2n) is 3.92. The lowest BCUT2D eigenvalue weighted by atomic mass is 10.1. The molecule has 1 heterocycles. The van der Waals surface area contributed by atoms with E-state index in [-0.39, 0.29) is 17.2 Å². The van der Waals surface area contributed by atoms with Crippen LogP contribution in [-0.2, 0) is 6.42 Å². The first-order valence-corrected chi connectivity index (χ1v) is 5.60. The molecule has 0 unspecified atom stereocenters. The van der Waals surface area contributed by atoms with E-state index in [9.17, 15) is 9.90 Å². The van der Waals surface area contributed by atoms with Crippen molar-refractivity contribution >= 4 is 11.6 Å². The first kappa shape index (κ1) is 12.6. The van der Waals surface area contributed by atoms with Crippen LogP contribution in [0.4, 0.5) is 5.69 Å². The summed E-state index contributed by atoms with van der Waals surface area (Å²) >= 11 is 0. The predicted octanol–water partition coefficient (Wildman–Crippen LogP) is 2.11. The molecule has 0 spiro atoms. The van der Waals surface area contributed by atoms with E-state index in [4.69, 9.17) is 5.26 Å². The number of amides is 1. The average molecular weight is 253 g/mol. The molecule has 5 nitrogen and oxygen atoms in total. The largest absolute Gasteiger partial charge is 0.506 e. The van der Waals surface area contributed by atoms with Gasteiger partial charge in [-0.05, 0) is 23.8 Å². The van der Waals surface area contributed by atoms with Crippen LogP contribution in [0.25, 0.3) is 0 Å². The van der Waals surface area contributed by atoms with Gasteiger partial charge in [-0.25, -0.2) is 0 Å². The first-order valence-electron chi connectivity index (χ1n) is 5.60. The molecule has 0 fully saturated rings. The number of hydrogen-bond donors (Lipinski definition) is 2. The monoisotopic (exact) mass is 253 g/mol. The number of nitriles is 1. The summed E-state index contributed by atoms with van der Waals surface area (Å²) in [5, 5.41) is 20.5. The van der Waals surface area contributed by atoms with Gasteiger partial charge in [0, 0.05) is 11.9 Å². The van der Waals surface area contributed by atoms with E-state index in [1.165, 1.54) is 18.5 Å². The number of carbonyl (C=O) groups is 1. The molecule has 0 aliphatic carbocycles. The molecule has 0 aliphatic heterocycles. The Labute approximate surface area is 110 Å². The van der Waals surface area contributed by atoms with Crippen LogP contribution in [0.15, 0.2) is 42.7 Å². The van der Waals surface area contributed by atoms with Crippen LogP contribution in [0.5, 0.6) is 5.75 Å². The molecule has 1 amide bonds. The van der Waals surface area contributed by atoms with Crippen LogP contribution in [0.2, 0.25) is 0 Å². The van der Waals surface area contributed by atoms with Gasteiger partial charge in [0.15, 0.2) is 0 Å². The Morgan fingerprint density at radius 3 is 2.68 bits per heavy atom. The summed E-state index contributed by atoms with van der Waals surface area (Å²) in [6.45, 7) is 0. The molecule has 1 aromatic carbocycles. The van der Waals surface area contributed by atoms with Gasteiger partial charge in [-0.3, -0.25) is 9.78 Å². The van der Waals surface area contributed by atoms with Crippen LogP contribution in [0.1, 0.15) is 15.9 Å². The van der Waals surface area contributed by atoms with E-state index in [0.717, 1.165) is 5.56 Å². The number of aromatic hydroxyl groups is 1. The number of aromatic nitrogens is 1. The Hall–Kier alpha value is -2.87. The van der Waals surface area contributed by atoms with Crippen LogP contribution < -0.4 is 5.32 Å². The fourth-order valence-electron chi connectivity index (χ4n) is 1.55. The lowest BCUT2D eigenvalue weighted by molar-refractivity contribution is 0.102. The summed E-state index contributed by atoms with van der Waals surface area (Å²) in [4.78, 5) is 15.6. The van der Waals surface area contributed by atoms with E-state index in [0.29, 0.717) is 12.1 Å². The normalized spacial score (nSPS) is 9.63. The zero-order chi connectivity index (χ0) is 13.7. The van der Waals surface area contributed by atoms with Crippen molar-refractivity contribution in [2.75, 3.05) is 5.32 Å². The number of benzene rings is 1. The molecular weight excluding hydrogens is 242 g/mol. The molecule has 2 rings (SSSR count). The van der Waals surface area contributed by atoms with E-state index >= 15 is 0 Å². The smallest absolute Gasteiger partial charge is 0.257 e. The first-order chi connectivity index (χ1) is 9.19. The summed E-state index contributed by atoms with van der Waals surface area (Å²) in [5.41, 5.74) is 1.79. The lowest BCUT2D eigenvalue weighted by Gasteiger charge is -2.05. The Balaban J connectivity index is 2.09. The molecular formula is C14H11N3O2. The Kier molecular flexibility index (Phi) is 3.74. The lowest BCUT2D eigenvalue weighted by Crippen LogP contribution is -2.11. The van der Waals surface area contributed by atoms with Crippen LogP contribution in [0, 0.1) is 11.3 Å². The zero-order valence-corrected chi connectivity index (χ0v) is 10.00. The molecule has 0 bridgehead atoms. The summed E-state index contributed by atoms with van der Waals surface area (Å²) < 4.78 is 0. The Morgan fingerprint density at radius 2 is 2.05 bits per heavy atom. The maximum atomic E-state index is 11.9. The highest BCUT2D eigenvalue weighted by Gasteiger charge is 2.07. The number of rotatable bonds is 3. The van der Waals surface area contributed by atoms with Crippen LogP contribution in [-0.4, -0.2) is 16.0 Å². The molecule has 0 radical (unpaired) electrons. The van der Waals surface area contributed by atoms with Crippen LogP contribution >= 0.6 is 0 Å². The van der Waals surface area contributed by atoms with Crippen molar-refractivity contribution in [1.29, 1.82) is 5.26 Å². The number of carbonyl (C=O) groups excluding carboxylic acids is 1. The molecule has 1 aromatic heterocycles. The molecule has 2 aromatic rings. The molecule has 0 saturated carbocycles.